The first-order valence-corrected chi connectivity index (χ1v) is 9.38. The third-order valence-corrected chi connectivity index (χ3v) is 6.44. The number of carbonyl (C=O) groups excluding carboxylic acids is 1. The van der Waals surface area contributed by atoms with Gasteiger partial charge in [0.25, 0.3) is 5.91 Å². The van der Waals surface area contributed by atoms with E-state index in [9.17, 15) is 9.90 Å². The third-order valence-electron chi connectivity index (χ3n) is 4.21. The van der Waals surface area contributed by atoms with E-state index in [0.29, 0.717) is 12.6 Å². The number of carbonyl (C=O) groups is 1. The monoisotopic (exact) mass is 311 g/mol. The Kier molecular flexibility index (Phi) is 4.68. The summed E-state index contributed by atoms with van der Waals surface area (Å²) in [5.41, 5.74) is 1.35. The zero-order chi connectivity index (χ0) is 13.9. The van der Waals surface area contributed by atoms with Gasteiger partial charge in [-0.1, -0.05) is 12.8 Å². The lowest BCUT2D eigenvalue weighted by molar-refractivity contribution is 0.0643. The largest absolute Gasteiger partial charge is 0.395 e. The Morgan fingerprint density at radius 1 is 1.40 bits per heavy atom. The molecule has 5 heteroatoms. The SMILES string of the molecule is O=C(c1cc2c(s1)CCSC2)N(CCO)C1CCCC1. The Hall–Kier alpha value is -0.520. The van der Waals surface area contributed by atoms with Crippen LogP contribution >= 0.6 is 23.1 Å². The zero-order valence-corrected chi connectivity index (χ0v) is 13.3. The van der Waals surface area contributed by atoms with Crippen LogP contribution in [0.5, 0.6) is 0 Å². The van der Waals surface area contributed by atoms with Crippen molar-refractivity contribution in [2.24, 2.45) is 0 Å². The van der Waals surface area contributed by atoms with Gasteiger partial charge in [-0.25, -0.2) is 0 Å². The molecule has 0 radical (unpaired) electrons. The maximum absolute atomic E-state index is 12.8. The van der Waals surface area contributed by atoms with E-state index in [-0.39, 0.29) is 12.5 Å². The summed E-state index contributed by atoms with van der Waals surface area (Å²) < 4.78 is 0. The van der Waals surface area contributed by atoms with Gasteiger partial charge in [-0.05, 0) is 36.6 Å². The molecule has 0 unspecified atom stereocenters. The Labute approximate surface area is 128 Å². The summed E-state index contributed by atoms with van der Waals surface area (Å²) in [6.45, 7) is 0.532. The van der Waals surface area contributed by atoms with Crippen molar-refractivity contribution in [1.29, 1.82) is 0 Å². The van der Waals surface area contributed by atoms with E-state index in [2.05, 4.69) is 6.07 Å². The second-order valence-electron chi connectivity index (χ2n) is 5.52. The number of hydrogen-bond acceptors (Lipinski definition) is 4. The number of aliphatic hydroxyl groups excluding tert-OH is 1. The molecule has 20 heavy (non-hydrogen) atoms. The van der Waals surface area contributed by atoms with Gasteiger partial charge < -0.3 is 10.0 Å². The number of aliphatic hydroxyl groups is 1. The average molecular weight is 311 g/mol. The van der Waals surface area contributed by atoms with E-state index in [4.69, 9.17) is 0 Å². The fourth-order valence-electron chi connectivity index (χ4n) is 3.17. The topological polar surface area (TPSA) is 40.5 Å². The highest BCUT2D eigenvalue weighted by atomic mass is 32.2. The lowest BCUT2D eigenvalue weighted by Crippen LogP contribution is -2.40. The maximum Gasteiger partial charge on any atom is 0.264 e. The summed E-state index contributed by atoms with van der Waals surface area (Å²) in [5.74, 6) is 2.35. The molecule has 1 aliphatic carbocycles. The summed E-state index contributed by atoms with van der Waals surface area (Å²) >= 11 is 3.62. The maximum atomic E-state index is 12.8. The molecular weight excluding hydrogens is 290 g/mol. The van der Waals surface area contributed by atoms with Crippen molar-refractivity contribution in [1.82, 2.24) is 4.90 Å². The summed E-state index contributed by atoms with van der Waals surface area (Å²) in [6.07, 6.45) is 5.69. The minimum absolute atomic E-state index is 0.0587. The fourth-order valence-corrected chi connectivity index (χ4v) is 5.50. The molecular formula is C15H21NO2S2. The van der Waals surface area contributed by atoms with Crippen molar-refractivity contribution in [3.05, 3.63) is 21.4 Å². The Morgan fingerprint density at radius 3 is 2.90 bits per heavy atom. The predicted molar refractivity (Wildman–Crippen MR) is 84.6 cm³/mol. The first kappa shape index (κ1) is 14.4. The van der Waals surface area contributed by atoms with Crippen LogP contribution in [0, 0.1) is 0 Å². The van der Waals surface area contributed by atoms with Crippen LogP contribution in [0.2, 0.25) is 0 Å². The molecule has 2 aliphatic rings. The number of rotatable bonds is 4. The second kappa shape index (κ2) is 6.50. The second-order valence-corrected chi connectivity index (χ2v) is 7.76. The van der Waals surface area contributed by atoms with Crippen LogP contribution in [0.4, 0.5) is 0 Å². The number of amides is 1. The summed E-state index contributed by atoms with van der Waals surface area (Å²) in [7, 11) is 0. The molecule has 1 aromatic rings. The van der Waals surface area contributed by atoms with Crippen molar-refractivity contribution in [2.75, 3.05) is 18.9 Å². The van der Waals surface area contributed by atoms with Crippen molar-refractivity contribution in [2.45, 2.75) is 43.9 Å². The first-order valence-electron chi connectivity index (χ1n) is 7.40. The highest BCUT2D eigenvalue weighted by Crippen LogP contribution is 2.33. The Bertz CT molecular complexity index is 457. The van der Waals surface area contributed by atoms with Crippen LogP contribution in [0.1, 0.15) is 45.8 Å². The van der Waals surface area contributed by atoms with Crippen molar-refractivity contribution in [3.8, 4) is 0 Å². The smallest absolute Gasteiger partial charge is 0.264 e. The summed E-state index contributed by atoms with van der Waals surface area (Å²) in [4.78, 5) is 16.9. The Morgan fingerprint density at radius 2 is 2.20 bits per heavy atom. The predicted octanol–water partition coefficient (Wildman–Crippen LogP) is 2.91. The minimum Gasteiger partial charge on any atom is -0.395 e. The lowest BCUT2D eigenvalue weighted by atomic mass is 10.2. The third kappa shape index (κ3) is 2.90. The van der Waals surface area contributed by atoms with Gasteiger partial charge in [0.15, 0.2) is 0 Å². The lowest BCUT2D eigenvalue weighted by Gasteiger charge is -2.27. The van der Waals surface area contributed by atoms with Crippen LogP contribution in [0.15, 0.2) is 6.07 Å². The molecule has 1 fully saturated rings. The molecule has 2 heterocycles. The average Bonchev–Trinajstić information content (AvgIpc) is 3.12. The molecule has 0 saturated heterocycles. The van der Waals surface area contributed by atoms with E-state index >= 15 is 0 Å². The zero-order valence-electron chi connectivity index (χ0n) is 11.6. The molecule has 0 bridgehead atoms. The van der Waals surface area contributed by atoms with Crippen LogP contribution in [-0.4, -0.2) is 40.9 Å². The van der Waals surface area contributed by atoms with Gasteiger partial charge in [0.2, 0.25) is 0 Å². The fraction of sp³-hybridized carbons (Fsp3) is 0.667. The van der Waals surface area contributed by atoms with Gasteiger partial charge in [0, 0.05) is 23.2 Å². The van der Waals surface area contributed by atoms with E-state index in [1.807, 2.05) is 16.7 Å². The molecule has 0 aromatic carbocycles. The molecule has 3 nitrogen and oxygen atoms in total. The standard InChI is InChI=1S/C15H21NO2S2/c17-7-6-16(12-3-1-2-4-12)15(18)14-9-11-10-19-8-5-13(11)20-14/h9,12,17H,1-8,10H2. The molecule has 0 atom stereocenters. The number of fused-ring (bicyclic) bond motifs is 1. The van der Waals surface area contributed by atoms with Gasteiger partial charge in [-0.15, -0.1) is 11.3 Å². The molecule has 1 N–H and O–H groups in total. The minimum atomic E-state index is 0.0587. The molecule has 0 spiro atoms. The van der Waals surface area contributed by atoms with Gasteiger partial charge in [0.1, 0.15) is 0 Å². The van der Waals surface area contributed by atoms with Gasteiger partial charge in [-0.2, -0.15) is 11.8 Å². The molecule has 1 saturated carbocycles. The molecule has 110 valence electrons. The van der Waals surface area contributed by atoms with Crippen LogP contribution in [0.25, 0.3) is 0 Å². The van der Waals surface area contributed by atoms with E-state index in [1.165, 1.54) is 29.0 Å². The highest BCUT2D eigenvalue weighted by molar-refractivity contribution is 7.98. The number of thioether (sulfide) groups is 1. The van der Waals surface area contributed by atoms with Crippen molar-refractivity contribution >= 4 is 29.0 Å². The van der Waals surface area contributed by atoms with Crippen LogP contribution < -0.4 is 0 Å². The van der Waals surface area contributed by atoms with Crippen LogP contribution in [-0.2, 0) is 12.2 Å². The molecule has 1 aromatic heterocycles. The number of thiophene rings is 1. The van der Waals surface area contributed by atoms with Crippen LogP contribution in [0.3, 0.4) is 0 Å². The Balaban J connectivity index is 1.79. The molecule has 1 amide bonds. The normalized spacial score (nSPS) is 19.1. The number of hydrogen-bond donors (Lipinski definition) is 1. The summed E-state index contributed by atoms with van der Waals surface area (Å²) in [5, 5.41) is 9.26. The number of aryl methyl sites for hydroxylation is 1. The van der Waals surface area contributed by atoms with Crippen molar-refractivity contribution < 1.29 is 9.90 Å². The summed E-state index contributed by atoms with van der Waals surface area (Å²) in [6, 6.07) is 2.43. The molecule has 1 aliphatic heterocycles. The van der Waals surface area contributed by atoms with E-state index in [0.717, 1.165) is 29.9 Å². The van der Waals surface area contributed by atoms with Gasteiger partial charge >= 0.3 is 0 Å². The number of nitrogens with zero attached hydrogens (tertiary/aromatic N) is 1. The molecule has 3 rings (SSSR count). The first-order chi connectivity index (χ1) is 9.79. The van der Waals surface area contributed by atoms with Crippen molar-refractivity contribution in [3.63, 3.8) is 0 Å². The van der Waals surface area contributed by atoms with E-state index in [1.54, 1.807) is 11.3 Å². The van der Waals surface area contributed by atoms with Gasteiger partial charge in [-0.3, -0.25) is 4.79 Å². The highest BCUT2D eigenvalue weighted by Gasteiger charge is 2.28. The quantitative estimate of drug-likeness (QED) is 0.929. The van der Waals surface area contributed by atoms with E-state index < -0.39 is 0 Å². The van der Waals surface area contributed by atoms with Gasteiger partial charge in [0.05, 0.1) is 11.5 Å².